The summed E-state index contributed by atoms with van der Waals surface area (Å²) in [5.74, 6) is 4.55. The largest absolute Gasteiger partial charge is 0.320 e. The molecule has 0 aromatic heterocycles. The summed E-state index contributed by atoms with van der Waals surface area (Å²) < 4.78 is 13.6. The predicted octanol–water partition coefficient (Wildman–Crippen LogP) is 3.04. The van der Waals surface area contributed by atoms with Gasteiger partial charge in [-0.25, -0.2) is 4.39 Å². The highest BCUT2D eigenvalue weighted by molar-refractivity contribution is 6.31. The van der Waals surface area contributed by atoms with E-state index in [-0.39, 0.29) is 12.2 Å². The van der Waals surface area contributed by atoms with Crippen LogP contribution in [-0.2, 0) is 0 Å². The minimum Gasteiger partial charge on any atom is -0.320 e. The third kappa shape index (κ3) is 4.06. The molecule has 0 saturated heterocycles. The van der Waals surface area contributed by atoms with Crippen molar-refractivity contribution >= 4 is 23.2 Å². The molecule has 0 heterocycles. The van der Waals surface area contributed by atoms with Gasteiger partial charge in [-0.3, -0.25) is 4.79 Å². The van der Waals surface area contributed by atoms with Crippen LogP contribution in [0.3, 0.4) is 0 Å². The Bertz CT molecular complexity index is 735. The van der Waals surface area contributed by atoms with Gasteiger partial charge in [0, 0.05) is 16.1 Å². The number of amides is 1. The Morgan fingerprint density at radius 2 is 2.10 bits per heavy atom. The average Bonchev–Trinajstić information content (AvgIpc) is 2.49. The van der Waals surface area contributed by atoms with E-state index in [4.69, 9.17) is 17.3 Å². The highest BCUT2D eigenvalue weighted by Gasteiger charge is 2.10. The quantitative estimate of drug-likeness (QED) is 0.838. The van der Waals surface area contributed by atoms with E-state index in [2.05, 4.69) is 17.2 Å². The van der Waals surface area contributed by atoms with E-state index >= 15 is 0 Å². The summed E-state index contributed by atoms with van der Waals surface area (Å²) in [5.41, 5.74) is 6.37. The van der Waals surface area contributed by atoms with Gasteiger partial charge in [0.25, 0.3) is 5.91 Å². The van der Waals surface area contributed by atoms with Gasteiger partial charge in [0.05, 0.1) is 12.2 Å². The molecule has 0 radical (unpaired) electrons. The minimum absolute atomic E-state index is 0.0333. The summed E-state index contributed by atoms with van der Waals surface area (Å²) in [5, 5.41) is 2.82. The standard InChI is InChI=1S/C16H12ClFN2O/c17-13-6-7-14(18)15(10-13)20-16(21)12-5-1-3-11(9-12)4-2-8-19/h1,3,5-7,9-10H,8,19H2,(H,20,21). The molecule has 2 rings (SSSR count). The van der Waals surface area contributed by atoms with Crippen LogP contribution in [-0.4, -0.2) is 12.5 Å². The number of carbonyl (C=O) groups is 1. The maximum atomic E-state index is 13.6. The molecular formula is C16H12ClFN2O. The van der Waals surface area contributed by atoms with Gasteiger partial charge in [0.15, 0.2) is 0 Å². The second kappa shape index (κ2) is 6.89. The first-order valence-corrected chi connectivity index (χ1v) is 6.53. The van der Waals surface area contributed by atoms with Crippen molar-refractivity contribution in [1.82, 2.24) is 0 Å². The second-order valence-corrected chi connectivity index (χ2v) is 4.60. The van der Waals surface area contributed by atoms with Crippen molar-refractivity contribution in [3.05, 3.63) is 64.4 Å². The maximum absolute atomic E-state index is 13.6. The Hall–Kier alpha value is -2.35. The lowest BCUT2D eigenvalue weighted by molar-refractivity contribution is 0.102. The first-order valence-electron chi connectivity index (χ1n) is 6.15. The van der Waals surface area contributed by atoms with Crippen LogP contribution in [0.4, 0.5) is 10.1 Å². The molecule has 0 unspecified atom stereocenters. The first kappa shape index (κ1) is 15.0. The molecule has 21 heavy (non-hydrogen) atoms. The van der Waals surface area contributed by atoms with Gasteiger partial charge in [-0.05, 0) is 36.4 Å². The van der Waals surface area contributed by atoms with Crippen molar-refractivity contribution in [2.75, 3.05) is 11.9 Å². The molecule has 0 saturated carbocycles. The lowest BCUT2D eigenvalue weighted by atomic mass is 10.1. The number of hydrogen-bond acceptors (Lipinski definition) is 2. The van der Waals surface area contributed by atoms with Crippen molar-refractivity contribution in [3.8, 4) is 11.8 Å². The van der Waals surface area contributed by atoms with Gasteiger partial charge in [0.1, 0.15) is 5.82 Å². The monoisotopic (exact) mass is 302 g/mol. The lowest BCUT2D eigenvalue weighted by Crippen LogP contribution is -2.13. The molecular weight excluding hydrogens is 291 g/mol. The first-order chi connectivity index (χ1) is 10.1. The molecule has 3 nitrogen and oxygen atoms in total. The highest BCUT2D eigenvalue weighted by atomic mass is 35.5. The molecule has 3 N–H and O–H groups in total. The fraction of sp³-hybridized carbons (Fsp3) is 0.0625. The Morgan fingerprint density at radius 3 is 2.86 bits per heavy atom. The summed E-state index contributed by atoms with van der Waals surface area (Å²) in [4.78, 5) is 12.1. The number of nitrogens with one attached hydrogen (secondary N) is 1. The van der Waals surface area contributed by atoms with Crippen molar-refractivity contribution in [1.29, 1.82) is 0 Å². The fourth-order valence-electron chi connectivity index (χ4n) is 1.68. The van der Waals surface area contributed by atoms with Crippen molar-refractivity contribution in [2.45, 2.75) is 0 Å². The minimum atomic E-state index is -0.549. The highest BCUT2D eigenvalue weighted by Crippen LogP contribution is 2.20. The zero-order valence-corrected chi connectivity index (χ0v) is 11.7. The second-order valence-electron chi connectivity index (χ2n) is 4.16. The molecule has 0 aliphatic carbocycles. The van der Waals surface area contributed by atoms with E-state index in [9.17, 15) is 9.18 Å². The predicted molar refractivity (Wildman–Crippen MR) is 81.7 cm³/mol. The molecule has 5 heteroatoms. The van der Waals surface area contributed by atoms with Crippen LogP contribution in [0.1, 0.15) is 15.9 Å². The third-order valence-electron chi connectivity index (χ3n) is 2.64. The summed E-state index contributed by atoms with van der Waals surface area (Å²) in [7, 11) is 0. The van der Waals surface area contributed by atoms with Crippen LogP contribution in [0.25, 0.3) is 0 Å². The van der Waals surface area contributed by atoms with E-state index in [0.717, 1.165) is 0 Å². The van der Waals surface area contributed by atoms with Gasteiger partial charge < -0.3 is 11.1 Å². The Morgan fingerprint density at radius 1 is 1.29 bits per heavy atom. The summed E-state index contributed by atoms with van der Waals surface area (Å²) >= 11 is 5.78. The van der Waals surface area contributed by atoms with Crippen LogP contribution in [0.2, 0.25) is 5.02 Å². The number of carbonyl (C=O) groups excluding carboxylic acids is 1. The Kier molecular flexibility index (Phi) is 4.94. The molecule has 1 amide bonds. The molecule has 0 spiro atoms. The zero-order valence-electron chi connectivity index (χ0n) is 11.0. The van der Waals surface area contributed by atoms with Gasteiger partial charge in [-0.2, -0.15) is 0 Å². The summed E-state index contributed by atoms with van der Waals surface area (Å²) in [6, 6.07) is 10.7. The fourth-order valence-corrected chi connectivity index (χ4v) is 1.85. The molecule has 106 valence electrons. The molecule has 0 atom stereocenters. The molecule has 0 bridgehead atoms. The Labute approximate surface area is 126 Å². The summed E-state index contributed by atoms with van der Waals surface area (Å²) in [6.07, 6.45) is 0. The van der Waals surface area contributed by atoms with E-state index in [1.54, 1.807) is 24.3 Å². The van der Waals surface area contributed by atoms with E-state index in [0.29, 0.717) is 16.1 Å². The van der Waals surface area contributed by atoms with Crippen molar-refractivity contribution in [2.24, 2.45) is 5.73 Å². The molecule has 0 fully saturated rings. The van der Waals surface area contributed by atoms with E-state index in [1.165, 1.54) is 18.2 Å². The number of rotatable bonds is 2. The van der Waals surface area contributed by atoms with Crippen LogP contribution >= 0.6 is 11.6 Å². The van der Waals surface area contributed by atoms with Gasteiger partial charge >= 0.3 is 0 Å². The molecule has 0 aliphatic heterocycles. The molecule has 2 aromatic rings. The smallest absolute Gasteiger partial charge is 0.255 e. The number of benzene rings is 2. The van der Waals surface area contributed by atoms with Gasteiger partial charge in [-0.1, -0.05) is 29.5 Å². The van der Waals surface area contributed by atoms with Crippen molar-refractivity contribution in [3.63, 3.8) is 0 Å². The third-order valence-corrected chi connectivity index (χ3v) is 2.87. The normalized spacial score (nSPS) is 9.67. The van der Waals surface area contributed by atoms with E-state index in [1.807, 2.05) is 0 Å². The van der Waals surface area contributed by atoms with Gasteiger partial charge in [-0.15, -0.1) is 0 Å². The van der Waals surface area contributed by atoms with Crippen LogP contribution in [0, 0.1) is 17.7 Å². The summed E-state index contributed by atoms with van der Waals surface area (Å²) in [6.45, 7) is 0.240. The van der Waals surface area contributed by atoms with Crippen molar-refractivity contribution < 1.29 is 9.18 Å². The zero-order chi connectivity index (χ0) is 15.2. The van der Waals surface area contributed by atoms with Crippen LogP contribution < -0.4 is 11.1 Å². The number of anilines is 1. The van der Waals surface area contributed by atoms with Gasteiger partial charge in [0.2, 0.25) is 0 Å². The number of hydrogen-bond donors (Lipinski definition) is 2. The molecule has 2 aromatic carbocycles. The SMILES string of the molecule is NCC#Cc1cccc(C(=O)Nc2cc(Cl)ccc2F)c1. The lowest BCUT2D eigenvalue weighted by Gasteiger charge is -2.07. The average molecular weight is 303 g/mol. The Balaban J connectivity index is 2.22. The van der Waals surface area contributed by atoms with Crippen LogP contribution in [0.15, 0.2) is 42.5 Å². The maximum Gasteiger partial charge on any atom is 0.255 e. The number of halogens is 2. The van der Waals surface area contributed by atoms with E-state index < -0.39 is 11.7 Å². The van der Waals surface area contributed by atoms with Crippen LogP contribution in [0.5, 0.6) is 0 Å². The molecule has 0 aliphatic rings. The number of nitrogens with two attached hydrogens (primary N) is 1. The topological polar surface area (TPSA) is 55.1 Å².